The molecule has 0 aliphatic carbocycles. The van der Waals surface area contributed by atoms with Gasteiger partial charge in [0.15, 0.2) is 0 Å². The molecule has 0 aliphatic heterocycles. The monoisotopic (exact) mass is 424 g/mol. The summed E-state index contributed by atoms with van der Waals surface area (Å²) >= 11 is 1.54. The van der Waals surface area contributed by atoms with Gasteiger partial charge in [-0.25, -0.2) is 4.79 Å². The van der Waals surface area contributed by atoms with Gasteiger partial charge in [-0.05, 0) is 23.1 Å². The number of H-pyrrole nitrogens is 1. The highest BCUT2D eigenvalue weighted by atomic mass is 32.1. The molecule has 30 heavy (non-hydrogen) atoms. The Morgan fingerprint density at radius 1 is 1.27 bits per heavy atom. The van der Waals surface area contributed by atoms with Crippen molar-refractivity contribution < 1.29 is 18.7 Å². The number of hydrogen-bond acceptors (Lipinski definition) is 7. The largest absolute Gasteiger partial charge is 0.467 e. The second-order valence-electron chi connectivity index (χ2n) is 6.72. The van der Waals surface area contributed by atoms with Gasteiger partial charge in [0.05, 0.1) is 7.11 Å². The number of aromatic nitrogens is 3. The summed E-state index contributed by atoms with van der Waals surface area (Å²) in [5.74, 6) is 0.0164. The summed E-state index contributed by atoms with van der Waals surface area (Å²) in [6.45, 7) is 0. The minimum absolute atomic E-state index is 0.118. The van der Waals surface area contributed by atoms with Gasteiger partial charge in [-0.2, -0.15) is 11.3 Å². The molecule has 0 radical (unpaired) electrons. The van der Waals surface area contributed by atoms with E-state index in [1.807, 2.05) is 47.3 Å². The summed E-state index contributed by atoms with van der Waals surface area (Å²) in [6, 6.07) is 8.90. The fourth-order valence-corrected chi connectivity index (χ4v) is 3.83. The maximum Gasteiger partial charge on any atom is 0.328 e. The van der Waals surface area contributed by atoms with E-state index in [0.29, 0.717) is 18.2 Å². The first-order valence-corrected chi connectivity index (χ1v) is 10.4. The molecule has 0 saturated heterocycles. The topological polar surface area (TPSA) is 110 Å². The molecule has 2 N–H and O–H groups in total. The Labute approximate surface area is 176 Å². The SMILES string of the molecule is COC(=O)C(Cc1c[nH]c2ccccc12)NC(=O)CCc1nnc(-c2ccsc2)o1. The van der Waals surface area contributed by atoms with Gasteiger partial charge in [-0.1, -0.05) is 18.2 Å². The van der Waals surface area contributed by atoms with Crippen LogP contribution in [0.25, 0.3) is 22.4 Å². The van der Waals surface area contributed by atoms with Crippen molar-refractivity contribution >= 4 is 34.1 Å². The van der Waals surface area contributed by atoms with E-state index in [4.69, 9.17) is 9.15 Å². The molecule has 8 nitrogen and oxygen atoms in total. The van der Waals surface area contributed by atoms with Crippen LogP contribution in [0.15, 0.2) is 51.7 Å². The lowest BCUT2D eigenvalue weighted by atomic mass is 10.0. The van der Waals surface area contributed by atoms with Crippen LogP contribution >= 0.6 is 11.3 Å². The number of methoxy groups -OCH3 is 1. The van der Waals surface area contributed by atoms with Crippen LogP contribution < -0.4 is 5.32 Å². The summed E-state index contributed by atoms with van der Waals surface area (Å²) in [7, 11) is 1.31. The van der Waals surface area contributed by atoms with E-state index in [1.165, 1.54) is 18.4 Å². The number of amides is 1. The molecule has 4 rings (SSSR count). The summed E-state index contributed by atoms with van der Waals surface area (Å²) in [4.78, 5) is 27.9. The predicted octanol–water partition coefficient (Wildman–Crippen LogP) is 3.11. The van der Waals surface area contributed by atoms with Gasteiger partial charge in [0.2, 0.25) is 17.7 Å². The fraction of sp³-hybridized carbons (Fsp3) is 0.238. The van der Waals surface area contributed by atoms with Gasteiger partial charge >= 0.3 is 5.97 Å². The molecule has 3 heterocycles. The zero-order chi connectivity index (χ0) is 20.9. The van der Waals surface area contributed by atoms with Gasteiger partial charge in [0.1, 0.15) is 6.04 Å². The van der Waals surface area contributed by atoms with Crippen molar-refractivity contribution in [2.24, 2.45) is 0 Å². The molecule has 0 bridgehead atoms. The Morgan fingerprint density at radius 3 is 2.93 bits per heavy atom. The van der Waals surface area contributed by atoms with Crippen LogP contribution in [-0.2, 0) is 27.2 Å². The van der Waals surface area contributed by atoms with Crippen LogP contribution in [0.4, 0.5) is 0 Å². The molecular weight excluding hydrogens is 404 g/mol. The number of thiophene rings is 1. The van der Waals surface area contributed by atoms with Gasteiger partial charge in [-0.15, -0.1) is 10.2 Å². The molecule has 3 aromatic heterocycles. The molecule has 4 aromatic rings. The molecule has 154 valence electrons. The first-order chi connectivity index (χ1) is 14.6. The van der Waals surface area contributed by atoms with Crippen LogP contribution in [-0.4, -0.2) is 40.2 Å². The Kier molecular flexibility index (Phi) is 5.89. The number of nitrogens with one attached hydrogen (secondary N) is 2. The third-order valence-electron chi connectivity index (χ3n) is 4.72. The number of benzene rings is 1. The third-order valence-corrected chi connectivity index (χ3v) is 5.40. The Bertz CT molecular complexity index is 1150. The molecule has 0 fully saturated rings. The minimum Gasteiger partial charge on any atom is -0.467 e. The Balaban J connectivity index is 1.38. The number of ether oxygens (including phenoxy) is 1. The Morgan fingerprint density at radius 2 is 2.13 bits per heavy atom. The molecule has 0 saturated carbocycles. The fourth-order valence-electron chi connectivity index (χ4n) is 3.20. The lowest BCUT2D eigenvalue weighted by Crippen LogP contribution is -2.43. The maximum atomic E-state index is 12.5. The molecule has 9 heteroatoms. The number of esters is 1. The average Bonchev–Trinajstić information content (AvgIpc) is 3.52. The number of carbonyl (C=O) groups is 2. The third kappa shape index (κ3) is 4.41. The number of aryl methyl sites for hydroxylation is 1. The highest BCUT2D eigenvalue weighted by Crippen LogP contribution is 2.21. The summed E-state index contributed by atoms with van der Waals surface area (Å²) < 4.78 is 10.5. The summed E-state index contributed by atoms with van der Waals surface area (Å²) in [6.07, 6.45) is 2.57. The molecule has 0 aliphatic rings. The second kappa shape index (κ2) is 8.91. The molecule has 0 spiro atoms. The van der Waals surface area contributed by atoms with Crippen molar-refractivity contribution in [3.05, 3.63) is 58.7 Å². The number of carbonyl (C=O) groups excluding carboxylic acids is 2. The molecule has 1 amide bonds. The lowest BCUT2D eigenvalue weighted by Gasteiger charge is -2.16. The second-order valence-corrected chi connectivity index (χ2v) is 7.50. The van der Waals surface area contributed by atoms with E-state index in [0.717, 1.165) is 22.0 Å². The molecular formula is C21H20N4O4S. The van der Waals surface area contributed by atoms with Gasteiger partial charge < -0.3 is 19.5 Å². The van der Waals surface area contributed by atoms with Crippen molar-refractivity contribution in [3.8, 4) is 11.5 Å². The standard InChI is InChI=1S/C21H20N4O4S/c1-28-21(27)17(10-14-11-22-16-5-3-2-4-15(14)16)23-18(26)6-7-19-24-25-20(29-19)13-8-9-30-12-13/h2-5,8-9,11-12,17,22H,6-7,10H2,1H3,(H,23,26). The summed E-state index contributed by atoms with van der Waals surface area (Å²) in [5, 5.41) is 15.6. The smallest absolute Gasteiger partial charge is 0.328 e. The summed E-state index contributed by atoms with van der Waals surface area (Å²) in [5.41, 5.74) is 2.76. The van der Waals surface area contributed by atoms with Crippen LogP contribution in [0.5, 0.6) is 0 Å². The van der Waals surface area contributed by atoms with Crippen LogP contribution in [0.1, 0.15) is 17.9 Å². The molecule has 1 unspecified atom stereocenters. The quantitative estimate of drug-likeness (QED) is 0.421. The van der Waals surface area contributed by atoms with E-state index in [2.05, 4.69) is 20.5 Å². The molecule has 1 atom stereocenters. The van der Waals surface area contributed by atoms with Gasteiger partial charge in [0, 0.05) is 47.3 Å². The first-order valence-electron chi connectivity index (χ1n) is 9.41. The van der Waals surface area contributed by atoms with Crippen molar-refractivity contribution in [1.29, 1.82) is 0 Å². The van der Waals surface area contributed by atoms with E-state index >= 15 is 0 Å². The van der Waals surface area contributed by atoms with Crippen molar-refractivity contribution in [2.75, 3.05) is 7.11 Å². The first kappa shape index (κ1) is 19.8. The van der Waals surface area contributed by atoms with Gasteiger partial charge in [0.25, 0.3) is 0 Å². The number of nitrogens with zero attached hydrogens (tertiary/aromatic N) is 2. The number of para-hydroxylation sites is 1. The highest BCUT2D eigenvalue weighted by Gasteiger charge is 2.23. The van der Waals surface area contributed by atoms with E-state index < -0.39 is 12.0 Å². The van der Waals surface area contributed by atoms with E-state index in [1.54, 1.807) is 0 Å². The van der Waals surface area contributed by atoms with Crippen LogP contribution in [0.3, 0.4) is 0 Å². The van der Waals surface area contributed by atoms with Gasteiger partial charge in [-0.3, -0.25) is 4.79 Å². The Hall–Kier alpha value is -3.46. The van der Waals surface area contributed by atoms with E-state index in [-0.39, 0.29) is 18.7 Å². The number of rotatable bonds is 8. The predicted molar refractivity (Wildman–Crippen MR) is 112 cm³/mol. The van der Waals surface area contributed by atoms with Crippen LogP contribution in [0, 0.1) is 0 Å². The number of hydrogen-bond donors (Lipinski definition) is 2. The lowest BCUT2D eigenvalue weighted by molar-refractivity contribution is -0.145. The van der Waals surface area contributed by atoms with Crippen molar-refractivity contribution in [2.45, 2.75) is 25.3 Å². The number of aromatic amines is 1. The zero-order valence-corrected chi connectivity index (χ0v) is 17.1. The average molecular weight is 424 g/mol. The van der Waals surface area contributed by atoms with Crippen molar-refractivity contribution in [1.82, 2.24) is 20.5 Å². The minimum atomic E-state index is -0.786. The normalized spacial score (nSPS) is 12.0. The molecule has 1 aromatic carbocycles. The van der Waals surface area contributed by atoms with Crippen molar-refractivity contribution in [3.63, 3.8) is 0 Å². The van der Waals surface area contributed by atoms with E-state index in [9.17, 15) is 9.59 Å². The zero-order valence-electron chi connectivity index (χ0n) is 16.3. The van der Waals surface area contributed by atoms with Crippen LogP contribution in [0.2, 0.25) is 0 Å². The highest BCUT2D eigenvalue weighted by molar-refractivity contribution is 7.08. The number of fused-ring (bicyclic) bond motifs is 1. The maximum absolute atomic E-state index is 12.5.